The van der Waals surface area contributed by atoms with Crippen LogP contribution in [0, 0.1) is 0 Å². The van der Waals surface area contributed by atoms with Crippen LogP contribution in [0.15, 0.2) is 53.0 Å². The molecule has 1 fully saturated rings. The number of hydrogen-bond acceptors (Lipinski definition) is 3. The Bertz CT molecular complexity index is 732. The van der Waals surface area contributed by atoms with Gasteiger partial charge >= 0.3 is 0 Å². The second kappa shape index (κ2) is 8.02. The Labute approximate surface area is 157 Å². The largest absolute Gasteiger partial charge is 0.496 e. The van der Waals surface area contributed by atoms with Crippen molar-refractivity contribution in [1.29, 1.82) is 0 Å². The number of carbonyl (C=O) groups excluding carboxylic acids is 1. The molecular weight excluding hydrogens is 380 g/mol. The van der Waals surface area contributed by atoms with E-state index in [1.54, 1.807) is 7.11 Å². The molecule has 0 aliphatic heterocycles. The molecule has 0 heterocycles. The van der Waals surface area contributed by atoms with E-state index in [-0.39, 0.29) is 11.9 Å². The molecule has 1 atom stereocenters. The number of amides is 1. The summed E-state index contributed by atoms with van der Waals surface area (Å²) in [7, 11) is 3.64. The lowest BCUT2D eigenvalue weighted by Gasteiger charge is -2.28. The summed E-state index contributed by atoms with van der Waals surface area (Å²) in [4.78, 5) is 14.9. The summed E-state index contributed by atoms with van der Waals surface area (Å²) >= 11 is 3.51. The van der Waals surface area contributed by atoms with Crippen molar-refractivity contribution in [3.8, 4) is 5.75 Å². The van der Waals surface area contributed by atoms with Gasteiger partial charge in [-0.2, -0.15) is 0 Å². The number of methoxy groups -OCH3 is 1. The number of benzene rings is 2. The number of nitrogens with one attached hydrogen (secondary N) is 1. The molecule has 0 aromatic heterocycles. The standard InChI is InChI=1S/C20H23BrN2O2/c1-23(13-15-12-16(21)8-11-18(15)25-2)19(14-6-4-3-5-7-14)20(24)22-17-9-10-17/h3-8,11-12,17,19H,9-10,13H2,1-2H3,(H,22,24). The molecule has 0 radical (unpaired) electrons. The van der Waals surface area contributed by atoms with Crippen molar-refractivity contribution in [3.63, 3.8) is 0 Å². The van der Waals surface area contributed by atoms with Crippen molar-refractivity contribution in [3.05, 3.63) is 64.1 Å². The van der Waals surface area contributed by atoms with E-state index in [0.717, 1.165) is 34.2 Å². The van der Waals surface area contributed by atoms with Crippen molar-refractivity contribution >= 4 is 21.8 Å². The van der Waals surface area contributed by atoms with E-state index in [2.05, 4.69) is 26.1 Å². The van der Waals surface area contributed by atoms with E-state index in [1.165, 1.54) is 0 Å². The summed E-state index contributed by atoms with van der Waals surface area (Å²) in [6.07, 6.45) is 2.16. The summed E-state index contributed by atoms with van der Waals surface area (Å²) in [6, 6.07) is 15.9. The molecule has 2 aromatic rings. The number of likely N-dealkylation sites (N-methyl/N-ethyl adjacent to an activating group) is 1. The average Bonchev–Trinajstić information content (AvgIpc) is 3.40. The van der Waals surface area contributed by atoms with Crippen LogP contribution in [0.2, 0.25) is 0 Å². The molecule has 2 aromatic carbocycles. The topological polar surface area (TPSA) is 41.6 Å². The minimum absolute atomic E-state index is 0.0603. The molecular formula is C20H23BrN2O2. The molecule has 1 amide bonds. The first kappa shape index (κ1) is 18.0. The van der Waals surface area contributed by atoms with Gasteiger partial charge in [-0.05, 0) is 43.7 Å². The van der Waals surface area contributed by atoms with Crippen LogP contribution < -0.4 is 10.1 Å². The van der Waals surface area contributed by atoms with E-state index in [1.807, 2.05) is 55.6 Å². The third-order valence-electron chi connectivity index (χ3n) is 4.39. The third-order valence-corrected chi connectivity index (χ3v) is 4.88. The van der Waals surface area contributed by atoms with Gasteiger partial charge in [0.05, 0.1) is 7.11 Å². The number of hydrogen-bond donors (Lipinski definition) is 1. The molecule has 4 nitrogen and oxygen atoms in total. The summed E-state index contributed by atoms with van der Waals surface area (Å²) < 4.78 is 6.47. The Hall–Kier alpha value is -1.85. The van der Waals surface area contributed by atoms with Crippen molar-refractivity contribution in [2.24, 2.45) is 0 Å². The van der Waals surface area contributed by atoms with Gasteiger partial charge < -0.3 is 10.1 Å². The van der Waals surface area contributed by atoms with Gasteiger partial charge in [0.15, 0.2) is 0 Å². The van der Waals surface area contributed by atoms with Crippen molar-refractivity contribution < 1.29 is 9.53 Å². The van der Waals surface area contributed by atoms with E-state index in [0.29, 0.717) is 12.6 Å². The Balaban J connectivity index is 1.84. The fourth-order valence-corrected chi connectivity index (χ4v) is 3.39. The molecule has 5 heteroatoms. The van der Waals surface area contributed by atoms with Crippen LogP contribution in [0.4, 0.5) is 0 Å². The minimum Gasteiger partial charge on any atom is -0.496 e. The molecule has 1 unspecified atom stereocenters. The first-order valence-corrected chi connectivity index (χ1v) is 9.25. The SMILES string of the molecule is COc1ccc(Br)cc1CN(C)C(C(=O)NC1CC1)c1ccccc1. The Morgan fingerprint density at radius 1 is 1.28 bits per heavy atom. The lowest BCUT2D eigenvalue weighted by molar-refractivity contribution is -0.126. The Morgan fingerprint density at radius 2 is 2.00 bits per heavy atom. The summed E-state index contributed by atoms with van der Waals surface area (Å²) in [5, 5.41) is 3.14. The predicted octanol–water partition coefficient (Wildman–Crippen LogP) is 3.91. The van der Waals surface area contributed by atoms with Crippen LogP contribution in [-0.2, 0) is 11.3 Å². The molecule has 0 bridgehead atoms. The van der Waals surface area contributed by atoms with Crippen LogP contribution in [0.3, 0.4) is 0 Å². The van der Waals surface area contributed by atoms with E-state index in [4.69, 9.17) is 4.74 Å². The third kappa shape index (κ3) is 4.61. The lowest BCUT2D eigenvalue weighted by atomic mass is 10.0. The molecule has 0 spiro atoms. The van der Waals surface area contributed by atoms with Crippen LogP contribution in [0.25, 0.3) is 0 Å². The maximum Gasteiger partial charge on any atom is 0.242 e. The molecule has 1 aliphatic carbocycles. The van der Waals surface area contributed by atoms with Crippen LogP contribution >= 0.6 is 15.9 Å². The quantitative estimate of drug-likeness (QED) is 0.762. The number of ether oxygens (including phenoxy) is 1. The number of rotatable bonds is 7. The van der Waals surface area contributed by atoms with Gasteiger partial charge in [-0.1, -0.05) is 46.3 Å². The van der Waals surface area contributed by atoms with Gasteiger partial charge in [-0.3, -0.25) is 9.69 Å². The van der Waals surface area contributed by atoms with Crippen molar-refractivity contribution in [1.82, 2.24) is 10.2 Å². The number of halogens is 1. The van der Waals surface area contributed by atoms with Crippen LogP contribution in [0.5, 0.6) is 5.75 Å². The van der Waals surface area contributed by atoms with Gasteiger partial charge in [0, 0.05) is 22.6 Å². The molecule has 1 saturated carbocycles. The monoisotopic (exact) mass is 402 g/mol. The summed E-state index contributed by atoms with van der Waals surface area (Å²) in [5.74, 6) is 0.884. The van der Waals surface area contributed by atoms with Gasteiger partial charge in [-0.25, -0.2) is 0 Å². The van der Waals surface area contributed by atoms with Gasteiger partial charge in [0.1, 0.15) is 11.8 Å². The number of nitrogens with zero attached hydrogens (tertiary/aromatic N) is 1. The molecule has 1 aliphatic rings. The predicted molar refractivity (Wildman–Crippen MR) is 103 cm³/mol. The highest BCUT2D eigenvalue weighted by molar-refractivity contribution is 9.10. The summed E-state index contributed by atoms with van der Waals surface area (Å²) in [6.45, 7) is 0.611. The van der Waals surface area contributed by atoms with E-state index in [9.17, 15) is 4.79 Å². The van der Waals surface area contributed by atoms with Gasteiger partial charge in [-0.15, -0.1) is 0 Å². The fraction of sp³-hybridized carbons (Fsp3) is 0.350. The van der Waals surface area contributed by atoms with Crippen molar-refractivity contribution in [2.45, 2.75) is 31.5 Å². The smallest absolute Gasteiger partial charge is 0.242 e. The highest BCUT2D eigenvalue weighted by Crippen LogP contribution is 2.29. The normalized spacial score (nSPS) is 15.0. The maximum absolute atomic E-state index is 12.9. The Kier molecular flexibility index (Phi) is 5.76. The molecule has 1 N–H and O–H groups in total. The number of carbonyl (C=O) groups is 1. The second-order valence-electron chi connectivity index (χ2n) is 6.47. The zero-order valence-electron chi connectivity index (χ0n) is 14.5. The van der Waals surface area contributed by atoms with E-state index < -0.39 is 0 Å². The molecule has 25 heavy (non-hydrogen) atoms. The van der Waals surface area contributed by atoms with Gasteiger partial charge in [0.25, 0.3) is 0 Å². The zero-order chi connectivity index (χ0) is 17.8. The van der Waals surface area contributed by atoms with Gasteiger partial charge in [0.2, 0.25) is 5.91 Å². The minimum atomic E-state index is -0.328. The molecule has 132 valence electrons. The summed E-state index contributed by atoms with van der Waals surface area (Å²) in [5.41, 5.74) is 2.04. The highest BCUT2D eigenvalue weighted by Gasteiger charge is 2.31. The van der Waals surface area contributed by atoms with Crippen LogP contribution in [0.1, 0.15) is 30.0 Å². The first-order valence-electron chi connectivity index (χ1n) is 8.46. The fourth-order valence-electron chi connectivity index (χ4n) is 2.98. The van der Waals surface area contributed by atoms with Crippen LogP contribution in [-0.4, -0.2) is 31.0 Å². The average molecular weight is 403 g/mol. The Morgan fingerprint density at radius 3 is 2.64 bits per heavy atom. The molecule has 0 saturated heterocycles. The highest BCUT2D eigenvalue weighted by atomic mass is 79.9. The molecule has 3 rings (SSSR count). The van der Waals surface area contributed by atoms with Crippen molar-refractivity contribution in [2.75, 3.05) is 14.2 Å². The second-order valence-corrected chi connectivity index (χ2v) is 7.38. The zero-order valence-corrected chi connectivity index (χ0v) is 16.1. The van der Waals surface area contributed by atoms with E-state index >= 15 is 0 Å². The first-order chi connectivity index (χ1) is 12.1. The maximum atomic E-state index is 12.9. The lowest BCUT2D eigenvalue weighted by Crippen LogP contribution is -2.39.